The quantitative estimate of drug-likeness (QED) is 0.808. The van der Waals surface area contributed by atoms with Gasteiger partial charge in [-0.05, 0) is 26.2 Å². The van der Waals surface area contributed by atoms with Gasteiger partial charge in [0.15, 0.2) is 0 Å². The van der Waals surface area contributed by atoms with Crippen molar-refractivity contribution in [3.05, 3.63) is 0 Å². The molecule has 0 aliphatic carbocycles. The van der Waals surface area contributed by atoms with E-state index < -0.39 is 9.84 Å². The van der Waals surface area contributed by atoms with E-state index in [4.69, 9.17) is 0 Å². The molecule has 0 radical (unpaired) electrons. The van der Waals surface area contributed by atoms with Crippen molar-refractivity contribution in [3.8, 4) is 0 Å². The number of hydrogen-bond acceptors (Lipinski definition) is 4. The molecule has 0 aromatic heterocycles. The molecule has 1 fully saturated rings. The molecule has 114 valence electrons. The molecule has 19 heavy (non-hydrogen) atoms. The molecule has 1 saturated heterocycles. The van der Waals surface area contributed by atoms with Gasteiger partial charge in [-0.15, -0.1) is 0 Å². The highest BCUT2D eigenvalue weighted by molar-refractivity contribution is 7.90. The zero-order valence-corrected chi connectivity index (χ0v) is 13.9. The van der Waals surface area contributed by atoms with E-state index in [9.17, 15) is 8.42 Å². The van der Waals surface area contributed by atoms with E-state index in [0.29, 0.717) is 6.54 Å². The maximum Gasteiger partial charge on any atom is 0.148 e. The second-order valence-corrected chi connectivity index (χ2v) is 8.50. The molecule has 0 bridgehead atoms. The lowest BCUT2D eigenvalue weighted by Gasteiger charge is -2.53. The van der Waals surface area contributed by atoms with Crippen LogP contribution in [-0.2, 0) is 9.84 Å². The van der Waals surface area contributed by atoms with E-state index in [1.807, 2.05) is 0 Å². The smallest absolute Gasteiger partial charge is 0.148 e. The monoisotopic (exact) mass is 290 g/mol. The van der Waals surface area contributed by atoms with Gasteiger partial charge in [0, 0.05) is 37.0 Å². The minimum absolute atomic E-state index is 0.0680. The summed E-state index contributed by atoms with van der Waals surface area (Å²) in [5, 5.41) is 3.71. The maximum atomic E-state index is 11.4. The van der Waals surface area contributed by atoms with Crippen LogP contribution >= 0.6 is 0 Å². The minimum Gasteiger partial charge on any atom is -0.308 e. The second-order valence-electron chi connectivity index (χ2n) is 6.24. The summed E-state index contributed by atoms with van der Waals surface area (Å²) in [5.74, 6) is 0.256. The van der Waals surface area contributed by atoms with Crippen LogP contribution in [0.5, 0.6) is 0 Å². The van der Waals surface area contributed by atoms with Crippen molar-refractivity contribution in [1.82, 2.24) is 10.2 Å². The van der Waals surface area contributed by atoms with E-state index in [0.717, 1.165) is 32.4 Å². The Labute approximate surface area is 118 Å². The number of hydrogen-bond donors (Lipinski definition) is 1. The SMILES string of the molecule is CCC1(CC)CN(CCS(C)(=O)=O)C(C)(CC)CN1. The van der Waals surface area contributed by atoms with Crippen LogP contribution in [0, 0.1) is 0 Å². The first-order chi connectivity index (χ1) is 8.70. The fourth-order valence-corrected chi connectivity index (χ4v) is 3.35. The van der Waals surface area contributed by atoms with Crippen LogP contribution in [0.15, 0.2) is 0 Å². The summed E-state index contributed by atoms with van der Waals surface area (Å²) in [6, 6.07) is 0. The lowest BCUT2D eigenvalue weighted by atomic mass is 9.83. The van der Waals surface area contributed by atoms with Gasteiger partial charge in [0.2, 0.25) is 0 Å². The van der Waals surface area contributed by atoms with Crippen LogP contribution < -0.4 is 5.32 Å². The third-order valence-electron chi connectivity index (χ3n) is 4.95. The second kappa shape index (κ2) is 6.10. The van der Waals surface area contributed by atoms with Crippen LogP contribution in [-0.4, -0.2) is 56.0 Å². The van der Waals surface area contributed by atoms with Crippen LogP contribution in [0.3, 0.4) is 0 Å². The van der Waals surface area contributed by atoms with Gasteiger partial charge in [-0.1, -0.05) is 20.8 Å². The summed E-state index contributed by atoms with van der Waals surface area (Å²) in [6.07, 6.45) is 4.52. The normalized spacial score (nSPS) is 28.5. The topological polar surface area (TPSA) is 49.4 Å². The molecule has 1 heterocycles. The molecule has 0 saturated carbocycles. The van der Waals surface area contributed by atoms with E-state index in [1.165, 1.54) is 6.26 Å². The molecule has 5 heteroatoms. The summed E-state index contributed by atoms with van der Waals surface area (Å²) in [5.41, 5.74) is 0.213. The van der Waals surface area contributed by atoms with Gasteiger partial charge in [-0.25, -0.2) is 8.42 Å². The molecule has 0 spiro atoms. The predicted molar refractivity (Wildman–Crippen MR) is 81.3 cm³/mol. The average Bonchev–Trinajstić information content (AvgIpc) is 2.37. The molecule has 1 rings (SSSR count). The Morgan fingerprint density at radius 1 is 1.16 bits per heavy atom. The van der Waals surface area contributed by atoms with Gasteiger partial charge < -0.3 is 5.32 Å². The molecule has 1 aliphatic rings. The summed E-state index contributed by atoms with van der Waals surface area (Å²) in [6.45, 7) is 11.4. The Balaban J connectivity index is 2.85. The first kappa shape index (κ1) is 16.9. The fourth-order valence-electron chi connectivity index (χ4n) is 2.80. The highest BCUT2D eigenvalue weighted by Crippen LogP contribution is 2.30. The molecule has 1 N–H and O–H groups in total. The Bertz CT molecular complexity index is 390. The van der Waals surface area contributed by atoms with E-state index >= 15 is 0 Å². The Morgan fingerprint density at radius 3 is 2.16 bits per heavy atom. The van der Waals surface area contributed by atoms with Crippen molar-refractivity contribution in [2.45, 2.75) is 58.0 Å². The molecule has 1 aliphatic heterocycles. The van der Waals surface area contributed by atoms with E-state index in [2.05, 4.69) is 37.9 Å². The number of piperazine rings is 1. The lowest BCUT2D eigenvalue weighted by Crippen LogP contribution is -2.69. The van der Waals surface area contributed by atoms with Crippen LogP contribution in [0.2, 0.25) is 0 Å². The van der Waals surface area contributed by atoms with Crippen molar-refractivity contribution in [3.63, 3.8) is 0 Å². The molecular weight excluding hydrogens is 260 g/mol. The van der Waals surface area contributed by atoms with Gasteiger partial charge in [0.05, 0.1) is 5.75 Å². The highest BCUT2D eigenvalue weighted by atomic mass is 32.2. The summed E-state index contributed by atoms with van der Waals surface area (Å²) in [7, 11) is -2.89. The van der Waals surface area contributed by atoms with Gasteiger partial charge in [-0.2, -0.15) is 0 Å². The molecule has 0 aromatic carbocycles. The van der Waals surface area contributed by atoms with Gasteiger partial charge >= 0.3 is 0 Å². The number of rotatable bonds is 6. The number of nitrogens with zero attached hydrogens (tertiary/aromatic N) is 1. The van der Waals surface area contributed by atoms with Gasteiger partial charge in [-0.3, -0.25) is 4.90 Å². The predicted octanol–water partition coefficient (Wildman–Crippen LogP) is 1.66. The zero-order chi connectivity index (χ0) is 14.7. The Morgan fingerprint density at radius 2 is 1.74 bits per heavy atom. The first-order valence-electron chi connectivity index (χ1n) is 7.38. The summed E-state index contributed by atoms with van der Waals surface area (Å²) in [4.78, 5) is 2.39. The van der Waals surface area contributed by atoms with Crippen molar-refractivity contribution in [1.29, 1.82) is 0 Å². The first-order valence-corrected chi connectivity index (χ1v) is 9.44. The average molecular weight is 290 g/mol. The third-order valence-corrected chi connectivity index (χ3v) is 5.87. The Hall–Kier alpha value is -0.130. The van der Waals surface area contributed by atoms with Crippen molar-refractivity contribution >= 4 is 9.84 Å². The summed E-state index contributed by atoms with van der Waals surface area (Å²) >= 11 is 0. The van der Waals surface area contributed by atoms with Crippen molar-refractivity contribution in [2.75, 3.05) is 31.6 Å². The molecule has 1 unspecified atom stereocenters. The standard InChI is InChI=1S/C14H30N2O2S/c1-6-13(4)11-15-14(7-2,8-3)12-16(13)9-10-19(5,17)18/h15H,6-12H2,1-5H3. The minimum atomic E-state index is -2.89. The molecular formula is C14H30N2O2S. The largest absolute Gasteiger partial charge is 0.308 e. The molecule has 1 atom stereocenters. The van der Waals surface area contributed by atoms with Crippen LogP contribution in [0.4, 0.5) is 0 Å². The van der Waals surface area contributed by atoms with Crippen LogP contribution in [0.1, 0.15) is 47.0 Å². The molecule has 4 nitrogen and oxygen atoms in total. The number of nitrogens with one attached hydrogen (secondary N) is 1. The van der Waals surface area contributed by atoms with Crippen molar-refractivity contribution < 1.29 is 8.42 Å². The van der Waals surface area contributed by atoms with Crippen LogP contribution in [0.25, 0.3) is 0 Å². The highest BCUT2D eigenvalue weighted by Gasteiger charge is 2.42. The summed E-state index contributed by atoms with van der Waals surface area (Å²) < 4.78 is 22.9. The van der Waals surface area contributed by atoms with Gasteiger partial charge in [0.1, 0.15) is 9.84 Å². The maximum absolute atomic E-state index is 11.4. The third kappa shape index (κ3) is 4.17. The van der Waals surface area contributed by atoms with Crippen molar-refractivity contribution in [2.24, 2.45) is 0 Å². The molecule has 0 amide bonds. The lowest BCUT2D eigenvalue weighted by molar-refractivity contribution is 0.0139. The van der Waals surface area contributed by atoms with E-state index in [1.54, 1.807) is 0 Å². The fraction of sp³-hybridized carbons (Fsp3) is 1.00. The number of sulfone groups is 1. The Kier molecular flexibility index (Phi) is 5.43. The van der Waals surface area contributed by atoms with E-state index in [-0.39, 0.29) is 16.8 Å². The molecule has 0 aromatic rings. The zero-order valence-electron chi connectivity index (χ0n) is 13.1. The van der Waals surface area contributed by atoms with Gasteiger partial charge in [0.25, 0.3) is 0 Å².